The zero-order valence-corrected chi connectivity index (χ0v) is 16.1. The lowest BCUT2D eigenvalue weighted by Crippen LogP contribution is -2.24. The topological polar surface area (TPSA) is 29.1 Å². The molecule has 4 aromatic rings. The molecule has 0 aliphatic rings. The molecule has 1 amide bonds. The Kier molecular flexibility index (Phi) is 5.24. The first-order valence-electron chi connectivity index (χ1n) is 10.2. The van der Waals surface area contributed by atoms with Crippen LogP contribution < -0.4 is 5.32 Å². The molecule has 0 aromatic heterocycles. The molecule has 1 N–H and O–H groups in total. The second kappa shape index (κ2) is 7.96. The van der Waals surface area contributed by atoms with E-state index in [1.165, 1.54) is 59.0 Å². The van der Waals surface area contributed by atoms with Crippen molar-refractivity contribution < 1.29 is 4.79 Å². The fourth-order valence-electron chi connectivity index (χ4n) is 4.14. The van der Waals surface area contributed by atoms with E-state index in [1.54, 1.807) is 0 Å². The quantitative estimate of drug-likeness (QED) is 0.277. The van der Waals surface area contributed by atoms with Crippen LogP contribution in [0.3, 0.4) is 0 Å². The molecule has 2 heteroatoms. The Morgan fingerprint density at radius 1 is 0.741 bits per heavy atom. The van der Waals surface area contributed by atoms with Gasteiger partial charge in [-0.15, -0.1) is 0 Å². The van der Waals surface area contributed by atoms with Crippen LogP contribution in [0.25, 0.3) is 32.3 Å². The van der Waals surface area contributed by atoms with E-state index < -0.39 is 0 Å². The van der Waals surface area contributed by atoms with Crippen LogP contribution in [0, 0.1) is 0 Å². The minimum atomic E-state index is 0.0430. The van der Waals surface area contributed by atoms with E-state index in [9.17, 15) is 4.79 Å². The highest BCUT2D eigenvalue weighted by Gasteiger charge is 2.14. The number of benzene rings is 4. The molecule has 0 atom stereocenters. The van der Waals surface area contributed by atoms with Gasteiger partial charge in [0.05, 0.1) is 0 Å². The Labute approximate surface area is 160 Å². The molecule has 27 heavy (non-hydrogen) atoms. The maximum absolute atomic E-state index is 12.8. The molecule has 0 saturated heterocycles. The van der Waals surface area contributed by atoms with Crippen LogP contribution in [0.15, 0.2) is 54.6 Å². The van der Waals surface area contributed by atoms with Crippen LogP contribution in [0.2, 0.25) is 0 Å². The van der Waals surface area contributed by atoms with E-state index in [0.717, 1.165) is 23.9 Å². The van der Waals surface area contributed by atoms with Gasteiger partial charge < -0.3 is 5.32 Å². The van der Waals surface area contributed by atoms with Crippen molar-refractivity contribution in [1.29, 1.82) is 0 Å². The van der Waals surface area contributed by atoms with Crippen molar-refractivity contribution in [2.75, 3.05) is 6.54 Å². The third-order valence-corrected chi connectivity index (χ3v) is 5.59. The maximum Gasteiger partial charge on any atom is 0.251 e. The molecule has 0 spiro atoms. The lowest BCUT2D eigenvalue weighted by atomic mass is 9.92. The summed E-state index contributed by atoms with van der Waals surface area (Å²) in [6.45, 7) is 2.99. The molecule has 4 aromatic carbocycles. The van der Waals surface area contributed by atoms with Gasteiger partial charge in [-0.25, -0.2) is 0 Å². The third-order valence-electron chi connectivity index (χ3n) is 5.59. The highest BCUT2D eigenvalue weighted by Crippen LogP contribution is 2.35. The summed E-state index contributed by atoms with van der Waals surface area (Å²) in [6.07, 6.45) is 7.41. The second-order valence-corrected chi connectivity index (χ2v) is 7.49. The predicted molar refractivity (Wildman–Crippen MR) is 116 cm³/mol. The number of rotatable bonds is 8. The van der Waals surface area contributed by atoms with Crippen LogP contribution in [0.5, 0.6) is 0 Å². The molecule has 0 radical (unpaired) electrons. The van der Waals surface area contributed by atoms with E-state index in [2.05, 4.69) is 60.8 Å². The number of amides is 1. The standard InChI is InChI=1S/C25H27NO/c1-2-3-4-5-6-7-17-26-25(27)22-16-14-20-12-11-18-9-8-10-19-13-15-21(22)24(20)23(18)19/h8-16H,2-7,17H2,1H3,(H,26,27). The number of carbonyl (C=O) groups is 1. The largest absolute Gasteiger partial charge is 0.352 e. The van der Waals surface area contributed by atoms with Gasteiger partial charge in [-0.2, -0.15) is 0 Å². The second-order valence-electron chi connectivity index (χ2n) is 7.49. The van der Waals surface area contributed by atoms with Gasteiger partial charge in [-0.05, 0) is 44.8 Å². The van der Waals surface area contributed by atoms with Crippen LogP contribution in [0.1, 0.15) is 55.8 Å². The van der Waals surface area contributed by atoms with Gasteiger partial charge >= 0.3 is 0 Å². The lowest BCUT2D eigenvalue weighted by molar-refractivity contribution is 0.0954. The van der Waals surface area contributed by atoms with E-state index in [4.69, 9.17) is 0 Å². The van der Waals surface area contributed by atoms with Crippen LogP contribution in [-0.2, 0) is 0 Å². The van der Waals surface area contributed by atoms with Crippen LogP contribution in [0.4, 0.5) is 0 Å². The minimum Gasteiger partial charge on any atom is -0.352 e. The Hall–Kier alpha value is -2.61. The van der Waals surface area contributed by atoms with Crippen molar-refractivity contribution in [3.8, 4) is 0 Å². The summed E-state index contributed by atoms with van der Waals surface area (Å²) in [4.78, 5) is 12.8. The third kappa shape index (κ3) is 3.49. The predicted octanol–water partition coefficient (Wildman–Crippen LogP) is 6.67. The highest BCUT2D eigenvalue weighted by molar-refractivity contribution is 6.26. The van der Waals surface area contributed by atoms with Crippen molar-refractivity contribution in [2.45, 2.75) is 45.4 Å². The van der Waals surface area contributed by atoms with Gasteiger partial charge in [0.1, 0.15) is 0 Å². The molecular formula is C25H27NO. The minimum absolute atomic E-state index is 0.0430. The summed E-state index contributed by atoms with van der Waals surface area (Å²) in [5.74, 6) is 0.0430. The van der Waals surface area contributed by atoms with Gasteiger partial charge in [-0.3, -0.25) is 4.79 Å². The zero-order valence-electron chi connectivity index (χ0n) is 16.1. The average molecular weight is 357 g/mol. The molecule has 0 unspecified atom stereocenters. The molecule has 2 nitrogen and oxygen atoms in total. The molecule has 0 bridgehead atoms. The van der Waals surface area contributed by atoms with Crippen molar-refractivity contribution in [2.24, 2.45) is 0 Å². The van der Waals surface area contributed by atoms with Crippen molar-refractivity contribution >= 4 is 38.2 Å². The maximum atomic E-state index is 12.8. The first-order chi connectivity index (χ1) is 13.3. The van der Waals surface area contributed by atoms with E-state index in [-0.39, 0.29) is 5.91 Å². The van der Waals surface area contributed by atoms with Gasteiger partial charge in [-0.1, -0.05) is 87.6 Å². The summed E-state index contributed by atoms with van der Waals surface area (Å²) in [6, 6.07) is 19.0. The van der Waals surface area contributed by atoms with Gasteiger partial charge in [0.15, 0.2) is 0 Å². The fraction of sp³-hybridized carbons (Fsp3) is 0.320. The van der Waals surface area contributed by atoms with Gasteiger partial charge in [0, 0.05) is 12.1 Å². The van der Waals surface area contributed by atoms with Crippen LogP contribution >= 0.6 is 0 Å². The lowest BCUT2D eigenvalue weighted by Gasteiger charge is -2.14. The number of hydrogen-bond donors (Lipinski definition) is 1. The molecule has 4 rings (SSSR count). The zero-order chi connectivity index (χ0) is 18.6. The van der Waals surface area contributed by atoms with Crippen molar-refractivity contribution in [3.05, 3.63) is 60.2 Å². The Balaban J connectivity index is 1.56. The summed E-state index contributed by atoms with van der Waals surface area (Å²) < 4.78 is 0. The molecule has 0 aliphatic heterocycles. The number of nitrogens with one attached hydrogen (secondary N) is 1. The van der Waals surface area contributed by atoms with Gasteiger partial charge in [0.2, 0.25) is 0 Å². The Morgan fingerprint density at radius 3 is 2.15 bits per heavy atom. The molecular weight excluding hydrogens is 330 g/mol. The highest BCUT2D eigenvalue weighted by atomic mass is 16.1. The first kappa shape index (κ1) is 17.8. The summed E-state index contributed by atoms with van der Waals surface area (Å²) >= 11 is 0. The van der Waals surface area contributed by atoms with E-state index in [0.29, 0.717) is 0 Å². The number of carbonyl (C=O) groups excluding carboxylic acids is 1. The SMILES string of the molecule is CCCCCCCCNC(=O)c1ccc2ccc3cccc4ccc1c2c34. The monoisotopic (exact) mass is 357 g/mol. The summed E-state index contributed by atoms with van der Waals surface area (Å²) in [5.41, 5.74) is 0.784. The molecule has 0 fully saturated rings. The first-order valence-corrected chi connectivity index (χ1v) is 10.2. The Bertz CT molecular complexity index is 1050. The summed E-state index contributed by atoms with van der Waals surface area (Å²) in [7, 11) is 0. The molecule has 0 heterocycles. The van der Waals surface area contributed by atoms with Crippen molar-refractivity contribution in [3.63, 3.8) is 0 Å². The molecule has 0 aliphatic carbocycles. The summed E-state index contributed by atoms with van der Waals surface area (Å²) in [5, 5.41) is 10.3. The average Bonchev–Trinajstić information content (AvgIpc) is 2.71. The number of hydrogen-bond acceptors (Lipinski definition) is 1. The van der Waals surface area contributed by atoms with E-state index in [1.807, 2.05) is 6.07 Å². The van der Waals surface area contributed by atoms with E-state index >= 15 is 0 Å². The van der Waals surface area contributed by atoms with Crippen molar-refractivity contribution in [1.82, 2.24) is 5.32 Å². The fourth-order valence-corrected chi connectivity index (χ4v) is 4.14. The van der Waals surface area contributed by atoms with Gasteiger partial charge in [0.25, 0.3) is 5.91 Å². The normalized spacial score (nSPS) is 11.6. The van der Waals surface area contributed by atoms with Crippen LogP contribution in [-0.4, -0.2) is 12.5 Å². The smallest absolute Gasteiger partial charge is 0.251 e. The Morgan fingerprint density at radius 2 is 1.37 bits per heavy atom. The molecule has 0 saturated carbocycles. The molecule has 138 valence electrons. The number of unbranched alkanes of at least 4 members (excludes halogenated alkanes) is 5.